The number of pyridine rings is 1. The van der Waals surface area contributed by atoms with Gasteiger partial charge < -0.3 is 15.8 Å². The van der Waals surface area contributed by atoms with E-state index in [0.717, 1.165) is 43.3 Å². The normalized spacial score (nSPS) is 18.9. The summed E-state index contributed by atoms with van der Waals surface area (Å²) in [4.78, 5) is 4.44. The van der Waals surface area contributed by atoms with Crippen LogP contribution in [0.4, 0.5) is 11.5 Å². The molecule has 3 N–H and O–H groups in total. The van der Waals surface area contributed by atoms with Gasteiger partial charge in [-0.15, -0.1) is 0 Å². The number of nitrogen functional groups attached to an aromatic ring is 1. The summed E-state index contributed by atoms with van der Waals surface area (Å²) in [6, 6.07) is 4.22. The van der Waals surface area contributed by atoms with Crippen molar-refractivity contribution in [3.05, 3.63) is 17.8 Å². The van der Waals surface area contributed by atoms with Crippen LogP contribution in [0.25, 0.3) is 0 Å². The Balaban J connectivity index is 2.01. The van der Waals surface area contributed by atoms with Crippen molar-refractivity contribution in [3.63, 3.8) is 0 Å². The quantitative estimate of drug-likeness (QED) is 0.843. The lowest BCUT2D eigenvalue weighted by atomic mass is 9.93. The molecule has 17 heavy (non-hydrogen) atoms. The summed E-state index contributed by atoms with van der Waals surface area (Å²) in [6.07, 6.45) is 2.22. The van der Waals surface area contributed by atoms with Crippen LogP contribution in [0.1, 0.15) is 25.5 Å². The molecular weight excluding hydrogens is 214 g/mol. The third-order valence-electron chi connectivity index (χ3n) is 3.40. The Hall–Kier alpha value is -1.29. The molecule has 1 aliphatic rings. The molecule has 0 saturated carbocycles. The lowest BCUT2D eigenvalue weighted by Gasteiger charge is -2.29. The summed E-state index contributed by atoms with van der Waals surface area (Å²) in [5, 5.41) is 3.43. The molecule has 2 heterocycles. The van der Waals surface area contributed by atoms with E-state index in [9.17, 15) is 0 Å². The lowest BCUT2D eigenvalue weighted by Crippen LogP contribution is -2.31. The van der Waals surface area contributed by atoms with E-state index in [0.29, 0.717) is 12.0 Å². The first-order valence-corrected chi connectivity index (χ1v) is 6.24. The number of hydrogen-bond donors (Lipinski definition) is 2. The van der Waals surface area contributed by atoms with Crippen LogP contribution in [-0.4, -0.2) is 24.2 Å². The van der Waals surface area contributed by atoms with Crippen LogP contribution < -0.4 is 11.1 Å². The molecule has 0 bridgehead atoms. The number of rotatable bonds is 3. The number of nitrogens with one attached hydrogen (secondary N) is 1. The van der Waals surface area contributed by atoms with Gasteiger partial charge in [-0.2, -0.15) is 0 Å². The molecule has 0 radical (unpaired) electrons. The second kappa shape index (κ2) is 5.36. The molecule has 2 rings (SSSR count). The van der Waals surface area contributed by atoms with E-state index >= 15 is 0 Å². The number of aromatic nitrogens is 1. The van der Waals surface area contributed by atoms with Gasteiger partial charge in [0.1, 0.15) is 5.82 Å². The van der Waals surface area contributed by atoms with Crippen molar-refractivity contribution in [2.45, 2.75) is 32.7 Å². The number of ether oxygens (including phenoxy) is 1. The van der Waals surface area contributed by atoms with Crippen LogP contribution in [0.5, 0.6) is 0 Å². The van der Waals surface area contributed by atoms with E-state index in [-0.39, 0.29) is 0 Å². The minimum absolute atomic E-state index is 0.385. The third-order valence-corrected chi connectivity index (χ3v) is 3.40. The van der Waals surface area contributed by atoms with E-state index < -0.39 is 0 Å². The highest BCUT2D eigenvalue weighted by Crippen LogP contribution is 2.23. The fraction of sp³-hybridized carbons (Fsp3) is 0.615. The summed E-state index contributed by atoms with van der Waals surface area (Å²) >= 11 is 0. The van der Waals surface area contributed by atoms with E-state index in [1.54, 1.807) is 0 Å². The van der Waals surface area contributed by atoms with E-state index in [2.05, 4.69) is 17.2 Å². The molecule has 4 nitrogen and oxygen atoms in total. The number of anilines is 2. The second-order valence-electron chi connectivity index (χ2n) is 4.77. The fourth-order valence-electron chi connectivity index (χ4n) is 2.23. The van der Waals surface area contributed by atoms with Crippen molar-refractivity contribution in [2.24, 2.45) is 5.92 Å². The van der Waals surface area contributed by atoms with E-state index in [1.807, 2.05) is 19.1 Å². The summed E-state index contributed by atoms with van der Waals surface area (Å²) < 4.78 is 5.37. The smallest absolute Gasteiger partial charge is 0.149 e. The van der Waals surface area contributed by atoms with Crippen LogP contribution in [0.3, 0.4) is 0 Å². The summed E-state index contributed by atoms with van der Waals surface area (Å²) in [7, 11) is 0. The molecule has 94 valence electrons. The van der Waals surface area contributed by atoms with Crippen LogP contribution in [0.2, 0.25) is 0 Å². The van der Waals surface area contributed by atoms with Gasteiger partial charge in [-0.25, -0.2) is 4.98 Å². The first kappa shape index (κ1) is 12.2. The molecule has 1 atom stereocenters. The summed E-state index contributed by atoms with van der Waals surface area (Å²) in [5.41, 5.74) is 7.62. The summed E-state index contributed by atoms with van der Waals surface area (Å²) in [6.45, 7) is 5.91. The molecule has 4 heteroatoms. The molecule has 1 aliphatic heterocycles. The zero-order chi connectivity index (χ0) is 12.3. The van der Waals surface area contributed by atoms with Crippen molar-refractivity contribution in [1.82, 2.24) is 4.98 Å². The maximum Gasteiger partial charge on any atom is 0.149 e. The second-order valence-corrected chi connectivity index (χ2v) is 4.77. The summed E-state index contributed by atoms with van der Waals surface area (Å²) in [5.74, 6) is 1.45. The molecule has 0 spiro atoms. The molecule has 1 fully saturated rings. The number of hydrogen-bond acceptors (Lipinski definition) is 4. The Labute approximate surface area is 103 Å². The fourth-order valence-corrected chi connectivity index (χ4v) is 2.23. The Morgan fingerprint density at radius 1 is 1.41 bits per heavy atom. The highest BCUT2D eigenvalue weighted by molar-refractivity contribution is 5.61. The van der Waals surface area contributed by atoms with Crippen molar-refractivity contribution in [2.75, 3.05) is 24.3 Å². The topological polar surface area (TPSA) is 60.2 Å². The first-order valence-electron chi connectivity index (χ1n) is 6.24. The average molecular weight is 235 g/mol. The predicted molar refractivity (Wildman–Crippen MR) is 70.0 cm³/mol. The van der Waals surface area contributed by atoms with Crippen molar-refractivity contribution < 1.29 is 4.74 Å². The van der Waals surface area contributed by atoms with Crippen molar-refractivity contribution >= 4 is 11.5 Å². The zero-order valence-electron chi connectivity index (χ0n) is 10.6. The first-order chi connectivity index (χ1) is 8.16. The predicted octanol–water partition coefficient (Wildman–Crippen LogP) is 2.20. The van der Waals surface area contributed by atoms with Crippen molar-refractivity contribution in [3.8, 4) is 0 Å². The standard InChI is InChI=1S/C13H21N3O/c1-9-3-4-12(14)13(15-9)16-10(2)11-5-7-17-8-6-11/h3-4,10-11H,5-8,14H2,1-2H3,(H,15,16). The van der Waals surface area contributed by atoms with Gasteiger partial charge in [0.05, 0.1) is 5.69 Å². The zero-order valence-corrected chi connectivity index (χ0v) is 10.6. The maximum absolute atomic E-state index is 5.92. The Kier molecular flexibility index (Phi) is 3.84. The van der Waals surface area contributed by atoms with Gasteiger partial charge in [-0.1, -0.05) is 0 Å². The molecule has 0 amide bonds. The van der Waals surface area contributed by atoms with Crippen LogP contribution >= 0.6 is 0 Å². The molecule has 1 aromatic heterocycles. The highest BCUT2D eigenvalue weighted by atomic mass is 16.5. The highest BCUT2D eigenvalue weighted by Gasteiger charge is 2.21. The van der Waals surface area contributed by atoms with Crippen LogP contribution in [0.15, 0.2) is 12.1 Å². The van der Waals surface area contributed by atoms with Gasteiger partial charge >= 0.3 is 0 Å². The molecular formula is C13H21N3O. The molecule has 0 aliphatic carbocycles. The molecule has 1 unspecified atom stereocenters. The number of aryl methyl sites for hydroxylation is 1. The molecule has 0 aromatic carbocycles. The number of nitrogens with zero attached hydrogens (tertiary/aromatic N) is 1. The molecule has 1 saturated heterocycles. The van der Waals surface area contributed by atoms with Crippen LogP contribution in [0, 0.1) is 12.8 Å². The Bertz CT molecular complexity index is 375. The SMILES string of the molecule is Cc1ccc(N)c(NC(C)C2CCOCC2)n1. The minimum atomic E-state index is 0.385. The molecule has 1 aromatic rings. The van der Waals surface area contributed by atoms with Gasteiger partial charge in [0.2, 0.25) is 0 Å². The number of nitrogens with two attached hydrogens (primary N) is 1. The van der Waals surface area contributed by atoms with Gasteiger partial charge in [-0.3, -0.25) is 0 Å². The van der Waals surface area contributed by atoms with Crippen molar-refractivity contribution in [1.29, 1.82) is 0 Å². The maximum atomic E-state index is 5.92. The largest absolute Gasteiger partial charge is 0.396 e. The average Bonchev–Trinajstić information content (AvgIpc) is 2.35. The monoisotopic (exact) mass is 235 g/mol. The van der Waals surface area contributed by atoms with E-state index in [4.69, 9.17) is 10.5 Å². The van der Waals surface area contributed by atoms with Gasteiger partial charge in [0.15, 0.2) is 0 Å². The lowest BCUT2D eigenvalue weighted by molar-refractivity contribution is 0.0622. The van der Waals surface area contributed by atoms with Gasteiger partial charge in [-0.05, 0) is 44.7 Å². The third kappa shape index (κ3) is 3.09. The van der Waals surface area contributed by atoms with Gasteiger partial charge in [0.25, 0.3) is 0 Å². The Morgan fingerprint density at radius 3 is 2.82 bits per heavy atom. The Morgan fingerprint density at radius 2 is 2.12 bits per heavy atom. The van der Waals surface area contributed by atoms with Crippen LogP contribution in [-0.2, 0) is 4.74 Å². The van der Waals surface area contributed by atoms with Gasteiger partial charge in [0, 0.05) is 24.9 Å². The minimum Gasteiger partial charge on any atom is -0.396 e. The van der Waals surface area contributed by atoms with E-state index in [1.165, 1.54) is 0 Å².